The Morgan fingerprint density at radius 3 is 2.60 bits per heavy atom. The molecule has 3 N–H and O–H groups in total. The molecule has 1 saturated heterocycles. The summed E-state index contributed by atoms with van der Waals surface area (Å²) in [6.07, 6.45) is 1.37. The Morgan fingerprint density at radius 2 is 2.07 bits per heavy atom. The fraction of sp³-hybridized carbons (Fsp3) is 0.900. The number of amides is 1. The quantitative estimate of drug-likeness (QED) is 0.548. The van der Waals surface area contributed by atoms with Crippen LogP contribution in [-0.4, -0.2) is 59.4 Å². The Hall–Kier alpha value is -0.650. The zero-order valence-electron chi connectivity index (χ0n) is 9.15. The second-order valence-corrected chi connectivity index (χ2v) is 4.00. The summed E-state index contributed by atoms with van der Waals surface area (Å²) in [5, 5.41) is 20.6. The van der Waals surface area contributed by atoms with Crippen molar-refractivity contribution < 1.29 is 15.0 Å². The summed E-state index contributed by atoms with van der Waals surface area (Å²) in [7, 11) is 0. The summed E-state index contributed by atoms with van der Waals surface area (Å²) >= 11 is 0. The van der Waals surface area contributed by atoms with Crippen LogP contribution < -0.4 is 5.32 Å². The van der Waals surface area contributed by atoms with Gasteiger partial charge in [-0.2, -0.15) is 0 Å². The number of carbonyl (C=O) groups excluding carboxylic acids is 1. The van der Waals surface area contributed by atoms with Crippen molar-refractivity contribution in [2.75, 3.05) is 26.2 Å². The Balaban J connectivity index is 2.26. The minimum absolute atomic E-state index is 0.0811. The predicted molar refractivity (Wildman–Crippen MR) is 56.4 cm³/mol. The molecule has 0 aromatic heterocycles. The van der Waals surface area contributed by atoms with Gasteiger partial charge >= 0.3 is 0 Å². The first-order valence-corrected chi connectivity index (χ1v) is 5.46. The maximum atomic E-state index is 11.8. The Kier molecular flexibility index (Phi) is 5.01. The summed E-state index contributed by atoms with van der Waals surface area (Å²) < 4.78 is 0. The molecule has 1 heterocycles. The fourth-order valence-corrected chi connectivity index (χ4v) is 1.68. The van der Waals surface area contributed by atoms with E-state index in [1.165, 1.54) is 0 Å². The predicted octanol–water partition coefficient (Wildman–Crippen LogP) is -1.06. The van der Waals surface area contributed by atoms with E-state index in [2.05, 4.69) is 5.32 Å². The molecule has 5 heteroatoms. The Bertz CT molecular complexity index is 205. The van der Waals surface area contributed by atoms with Crippen LogP contribution in [0.25, 0.3) is 0 Å². The standard InChI is InChI=1S/C10H20N2O3/c1-8(11-6-9(14)7-13)10(15)12-4-2-3-5-12/h8-9,11,13-14H,2-7H2,1H3. The van der Waals surface area contributed by atoms with Gasteiger partial charge in [-0.15, -0.1) is 0 Å². The second kappa shape index (κ2) is 6.05. The smallest absolute Gasteiger partial charge is 0.239 e. The van der Waals surface area contributed by atoms with E-state index in [4.69, 9.17) is 10.2 Å². The summed E-state index contributed by atoms with van der Waals surface area (Å²) in [5.41, 5.74) is 0. The number of aliphatic hydroxyl groups excluding tert-OH is 2. The Morgan fingerprint density at radius 1 is 1.47 bits per heavy atom. The van der Waals surface area contributed by atoms with Crippen LogP contribution in [0.5, 0.6) is 0 Å². The molecule has 1 aliphatic rings. The highest BCUT2D eigenvalue weighted by molar-refractivity contribution is 5.81. The zero-order valence-corrected chi connectivity index (χ0v) is 9.15. The van der Waals surface area contributed by atoms with E-state index in [1.807, 2.05) is 4.90 Å². The molecular formula is C10H20N2O3. The zero-order chi connectivity index (χ0) is 11.3. The van der Waals surface area contributed by atoms with Crippen molar-refractivity contribution in [3.8, 4) is 0 Å². The average molecular weight is 216 g/mol. The van der Waals surface area contributed by atoms with E-state index < -0.39 is 6.10 Å². The van der Waals surface area contributed by atoms with Gasteiger partial charge in [-0.25, -0.2) is 0 Å². The van der Waals surface area contributed by atoms with Crippen molar-refractivity contribution in [2.45, 2.75) is 31.9 Å². The highest BCUT2D eigenvalue weighted by Crippen LogP contribution is 2.08. The van der Waals surface area contributed by atoms with Crippen molar-refractivity contribution in [1.82, 2.24) is 10.2 Å². The van der Waals surface area contributed by atoms with Gasteiger partial charge in [0, 0.05) is 19.6 Å². The van der Waals surface area contributed by atoms with Gasteiger partial charge in [0.15, 0.2) is 0 Å². The van der Waals surface area contributed by atoms with Gasteiger partial charge in [0.1, 0.15) is 0 Å². The average Bonchev–Trinajstić information content (AvgIpc) is 2.77. The third-order valence-corrected chi connectivity index (χ3v) is 2.66. The summed E-state index contributed by atoms with van der Waals surface area (Å²) in [6.45, 7) is 3.43. The molecule has 0 spiro atoms. The van der Waals surface area contributed by atoms with Gasteiger partial charge in [0.2, 0.25) is 5.91 Å². The van der Waals surface area contributed by atoms with E-state index >= 15 is 0 Å². The van der Waals surface area contributed by atoms with Crippen LogP contribution in [0.3, 0.4) is 0 Å². The first kappa shape index (κ1) is 12.4. The van der Waals surface area contributed by atoms with E-state index in [0.29, 0.717) is 0 Å². The lowest BCUT2D eigenvalue weighted by Gasteiger charge is -2.21. The number of hydrogen-bond donors (Lipinski definition) is 3. The van der Waals surface area contributed by atoms with Crippen LogP contribution in [0.2, 0.25) is 0 Å². The SMILES string of the molecule is CC(NCC(O)CO)C(=O)N1CCCC1. The molecule has 0 bridgehead atoms. The largest absolute Gasteiger partial charge is 0.394 e. The molecule has 5 nitrogen and oxygen atoms in total. The number of rotatable bonds is 5. The third-order valence-electron chi connectivity index (χ3n) is 2.66. The van der Waals surface area contributed by atoms with E-state index in [-0.39, 0.29) is 25.1 Å². The molecule has 15 heavy (non-hydrogen) atoms. The first-order valence-electron chi connectivity index (χ1n) is 5.46. The number of carbonyl (C=O) groups is 1. The van der Waals surface area contributed by atoms with Crippen molar-refractivity contribution >= 4 is 5.91 Å². The van der Waals surface area contributed by atoms with E-state index in [1.54, 1.807) is 6.92 Å². The molecule has 1 aliphatic heterocycles. The lowest BCUT2D eigenvalue weighted by atomic mass is 10.2. The van der Waals surface area contributed by atoms with Crippen molar-refractivity contribution in [2.24, 2.45) is 0 Å². The molecule has 0 aromatic rings. The number of hydrogen-bond acceptors (Lipinski definition) is 4. The van der Waals surface area contributed by atoms with Crippen LogP contribution in [0.1, 0.15) is 19.8 Å². The third kappa shape index (κ3) is 3.77. The van der Waals surface area contributed by atoms with Gasteiger partial charge in [-0.1, -0.05) is 0 Å². The molecule has 1 fully saturated rings. The Labute approximate surface area is 90.1 Å². The highest BCUT2D eigenvalue weighted by Gasteiger charge is 2.22. The highest BCUT2D eigenvalue weighted by atomic mass is 16.3. The van der Waals surface area contributed by atoms with Crippen LogP contribution >= 0.6 is 0 Å². The maximum Gasteiger partial charge on any atom is 0.239 e. The van der Waals surface area contributed by atoms with Crippen LogP contribution in [-0.2, 0) is 4.79 Å². The number of likely N-dealkylation sites (tertiary alicyclic amines) is 1. The maximum absolute atomic E-state index is 11.8. The van der Waals surface area contributed by atoms with Crippen LogP contribution in [0.15, 0.2) is 0 Å². The minimum atomic E-state index is -0.793. The van der Waals surface area contributed by atoms with E-state index in [9.17, 15) is 4.79 Å². The number of nitrogens with zero attached hydrogens (tertiary/aromatic N) is 1. The van der Waals surface area contributed by atoms with Crippen LogP contribution in [0, 0.1) is 0 Å². The molecule has 1 amide bonds. The minimum Gasteiger partial charge on any atom is -0.394 e. The van der Waals surface area contributed by atoms with Crippen molar-refractivity contribution in [1.29, 1.82) is 0 Å². The van der Waals surface area contributed by atoms with Gasteiger partial charge < -0.3 is 20.4 Å². The fourth-order valence-electron chi connectivity index (χ4n) is 1.68. The monoisotopic (exact) mass is 216 g/mol. The summed E-state index contributed by atoms with van der Waals surface area (Å²) in [6, 6.07) is -0.288. The molecule has 2 atom stereocenters. The molecule has 0 aromatic carbocycles. The summed E-state index contributed by atoms with van der Waals surface area (Å²) in [4.78, 5) is 13.6. The lowest BCUT2D eigenvalue weighted by molar-refractivity contribution is -0.132. The molecule has 88 valence electrons. The molecule has 0 aliphatic carbocycles. The lowest BCUT2D eigenvalue weighted by Crippen LogP contribution is -2.46. The number of nitrogens with one attached hydrogen (secondary N) is 1. The summed E-state index contributed by atoms with van der Waals surface area (Å²) in [5.74, 6) is 0.0811. The van der Waals surface area contributed by atoms with Crippen LogP contribution in [0.4, 0.5) is 0 Å². The van der Waals surface area contributed by atoms with Gasteiger partial charge in [0.05, 0.1) is 18.8 Å². The van der Waals surface area contributed by atoms with E-state index in [0.717, 1.165) is 25.9 Å². The molecule has 0 saturated carbocycles. The van der Waals surface area contributed by atoms with Crippen molar-refractivity contribution in [3.63, 3.8) is 0 Å². The van der Waals surface area contributed by atoms with Crippen molar-refractivity contribution in [3.05, 3.63) is 0 Å². The first-order chi connectivity index (χ1) is 7.15. The number of aliphatic hydroxyl groups is 2. The second-order valence-electron chi connectivity index (χ2n) is 4.00. The topological polar surface area (TPSA) is 72.8 Å². The van der Waals surface area contributed by atoms with Gasteiger partial charge in [-0.3, -0.25) is 4.79 Å². The normalized spacial score (nSPS) is 20.3. The van der Waals surface area contributed by atoms with Gasteiger partial charge in [0.25, 0.3) is 0 Å². The molecule has 1 rings (SSSR count). The van der Waals surface area contributed by atoms with Gasteiger partial charge in [-0.05, 0) is 19.8 Å². The molecular weight excluding hydrogens is 196 g/mol. The molecule has 2 unspecified atom stereocenters. The molecule has 0 radical (unpaired) electrons.